The van der Waals surface area contributed by atoms with Gasteiger partial charge in [0.1, 0.15) is 11.5 Å². The highest BCUT2D eigenvalue weighted by Gasteiger charge is 2.30. The minimum Gasteiger partial charge on any atom is -0.497 e. The number of ether oxygens (including phenoxy) is 2. The number of likely N-dealkylation sites (tertiary alicyclic amines) is 1. The van der Waals surface area contributed by atoms with Gasteiger partial charge in [-0.15, -0.1) is 11.3 Å². The number of thiophene rings is 1. The second kappa shape index (κ2) is 7.71. The van der Waals surface area contributed by atoms with Crippen LogP contribution in [0.4, 0.5) is 0 Å². The largest absolute Gasteiger partial charge is 0.497 e. The van der Waals surface area contributed by atoms with Gasteiger partial charge in [-0.2, -0.15) is 0 Å². The van der Waals surface area contributed by atoms with Crippen LogP contribution in [0.3, 0.4) is 0 Å². The number of methoxy groups -OCH3 is 2. The first-order chi connectivity index (χ1) is 11.7. The Hall–Kier alpha value is -2.01. The lowest BCUT2D eigenvalue weighted by Gasteiger charge is -2.24. The van der Waals surface area contributed by atoms with Gasteiger partial charge in [0.2, 0.25) is 5.91 Å². The minimum absolute atomic E-state index is 0.229. The number of aryl methyl sites for hydroxylation is 1. The smallest absolute Gasteiger partial charge is 0.223 e. The summed E-state index contributed by atoms with van der Waals surface area (Å²) in [6, 6.07) is 10.2. The lowest BCUT2D eigenvalue weighted by Crippen LogP contribution is -2.30. The summed E-state index contributed by atoms with van der Waals surface area (Å²) in [5, 5.41) is 2.08. The Bertz CT molecular complexity index is 662. The highest BCUT2D eigenvalue weighted by atomic mass is 32.1. The summed E-state index contributed by atoms with van der Waals surface area (Å²) in [5.74, 6) is 1.75. The number of amides is 1. The molecule has 0 spiro atoms. The third kappa shape index (κ3) is 3.73. The lowest BCUT2D eigenvalue weighted by molar-refractivity contribution is -0.132. The first-order valence-corrected chi connectivity index (χ1v) is 9.14. The zero-order valence-electron chi connectivity index (χ0n) is 14.2. The van der Waals surface area contributed by atoms with Crippen molar-refractivity contribution in [3.8, 4) is 11.5 Å². The molecule has 2 aromatic rings. The SMILES string of the molecule is COc1cc(CCC(=O)N2CCCC2c2cccs2)cc(OC)c1. The molecule has 0 saturated carbocycles. The van der Waals surface area contributed by atoms with Crippen molar-refractivity contribution in [3.63, 3.8) is 0 Å². The summed E-state index contributed by atoms with van der Waals surface area (Å²) in [5.41, 5.74) is 1.06. The van der Waals surface area contributed by atoms with Gasteiger partial charge in [-0.25, -0.2) is 0 Å². The van der Waals surface area contributed by atoms with E-state index in [9.17, 15) is 4.79 Å². The van der Waals surface area contributed by atoms with E-state index in [2.05, 4.69) is 17.5 Å². The van der Waals surface area contributed by atoms with Crippen LogP contribution in [-0.4, -0.2) is 31.6 Å². The molecular formula is C19H23NO3S. The molecule has 0 N–H and O–H groups in total. The van der Waals surface area contributed by atoms with E-state index in [1.165, 1.54) is 4.88 Å². The standard InChI is InChI=1S/C19H23NO3S/c1-22-15-11-14(12-16(13-15)23-2)7-8-19(21)20-9-3-5-17(20)18-6-4-10-24-18/h4,6,10-13,17H,3,5,7-9H2,1-2H3. The van der Waals surface area contributed by atoms with Crippen molar-refractivity contribution in [2.75, 3.05) is 20.8 Å². The van der Waals surface area contributed by atoms with Crippen LogP contribution in [0, 0.1) is 0 Å². The quantitative estimate of drug-likeness (QED) is 0.792. The van der Waals surface area contributed by atoms with Gasteiger partial charge in [-0.05, 0) is 48.4 Å². The summed E-state index contributed by atoms with van der Waals surface area (Å²) in [6.45, 7) is 0.864. The third-order valence-corrected chi connectivity index (χ3v) is 5.46. The minimum atomic E-state index is 0.229. The molecule has 1 aliphatic rings. The third-order valence-electron chi connectivity index (χ3n) is 4.48. The van der Waals surface area contributed by atoms with Crippen LogP contribution in [0.2, 0.25) is 0 Å². The van der Waals surface area contributed by atoms with Gasteiger partial charge in [-0.1, -0.05) is 6.07 Å². The second-order valence-electron chi connectivity index (χ2n) is 5.98. The van der Waals surface area contributed by atoms with Crippen LogP contribution in [0.25, 0.3) is 0 Å². The summed E-state index contributed by atoms with van der Waals surface area (Å²) in [6.07, 6.45) is 3.36. The summed E-state index contributed by atoms with van der Waals surface area (Å²) >= 11 is 1.74. The first kappa shape index (κ1) is 16.8. The van der Waals surface area contributed by atoms with E-state index in [0.717, 1.165) is 36.4 Å². The van der Waals surface area contributed by atoms with Gasteiger partial charge >= 0.3 is 0 Å². The van der Waals surface area contributed by atoms with Gasteiger partial charge in [0, 0.05) is 23.9 Å². The van der Waals surface area contributed by atoms with Crippen molar-refractivity contribution in [1.82, 2.24) is 4.90 Å². The molecule has 1 atom stereocenters. The number of carbonyl (C=O) groups excluding carboxylic acids is 1. The summed E-state index contributed by atoms with van der Waals surface area (Å²) in [7, 11) is 3.28. The number of hydrogen-bond donors (Lipinski definition) is 0. The Labute approximate surface area is 147 Å². The predicted octanol–water partition coefficient (Wildman–Crippen LogP) is 4.06. The maximum absolute atomic E-state index is 12.7. The van der Waals surface area contributed by atoms with E-state index < -0.39 is 0 Å². The van der Waals surface area contributed by atoms with Crippen molar-refractivity contribution < 1.29 is 14.3 Å². The number of benzene rings is 1. The van der Waals surface area contributed by atoms with E-state index in [-0.39, 0.29) is 11.9 Å². The van der Waals surface area contributed by atoms with Crippen molar-refractivity contribution in [1.29, 1.82) is 0 Å². The van der Waals surface area contributed by atoms with Crippen LogP contribution < -0.4 is 9.47 Å². The van der Waals surface area contributed by atoms with Gasteiger partial charge in [0.25, 0.3) is 0 Å². The Morgan fingerprint density at radius 2 is 2.00 bits per heavy atom. The molecule has 0 bridgehead atoms. The van der Waals surface area contributed by atoms with E-state index in [4.69, 9.17) is 9.47 Å². The van der Waals surface area contributed by atoms with Crippen molar-refractivity contribution in [2.45, 2.75) is 31.7 Å². The topological polar surface area (TPSA) is 38.8 Å². The lowest BCUT2D eigenvalue weighted by atomic mass is 10.1. The molecule has 2 heterocycles. The van der Waals surface area contributed by atoms with Gasteiger partial charge in [-0.3, -0.25) is 4.79 Å². The maximum Gasteiger partial charge on any atom is 0.223 e. The Morgan fingerprint density at radius 1 is 1.25 bits per heavy atom. The highest BCUT2D eigenvalue weighted by molar-refractivity contribution is 7.10. The van der Waals surface area contributed by atoms with Gasteiger partial charge < -0.3 is 14.4 Å². The Kier molecular flexibility index (Phi) is 5.41. The monoisotopic (exact) mass is 345 g/mol. The highest BCUT2D eigenvalue weighted by Crippen LogP contribution is 2.35. The van der Waals surface area contributed by atoms with Crippen LogP contribution in [0.1, 0.15) is 35.7 Å². The molecule has 1 aromatic heterocycles. The fourth-order valence-electron chi connectivity index (χ4n) is 3.25. The van der Waals surface area contributed by atoms with Crippen molar-refractivity contribution >= 4 is 17.2 Å². The molecule has 1 saturated heterocycles. The molecule has 1 aliphatic heterocycles. The molecule has 0 aliphatic carbocycles. The van der Waals surface area contributed by atoms with E-state index in [1.54, 1.807) is 25.6 Å². The van der Waals surface area contributed by atoms with Gasteiger partial charge in [0.15, 0.2) is 0 Å². The molecule has 4 nitrogen and oxygen atoms in total. The number of rotatable bonds is 6. The van der Waals surface area contributed by atoms with Gasteiger partial charge in [0.05, 0.1) is 20.3 Å². The van der Waals surface area contributed by atoms with E-state index in [0.29, 0.717) is 12.8 Å². The fraction of sp³-hybridized carbons (Fsp3) is 0.421. The predicted molar refractivity (Wildman–Crippen MR) is 95.9 cm³/mol. The molecule has 1 aromatic carbocycles. The Balaban J connectivity index is 1.65. The van der Waals surface area contributed by atoms with Crippen molar-refractivity contribution in [3.05, 3.63) is 46.2 Å². The molecule has 128 valence electrons. The molecule has 1 amide bonds. The second-order valence-corrected chi connectivity index (χ2v) is 6.96. The van der Waals surface area contributed by atoms with Crippen molar-refractivity contribution in [2.24, 2.45) is 0 Å². The number of hydrogen-bond acceptors (Lipinski definition) is 4. The summed E-state index contributed by atoms with van der Waals surface area (Å²) in [4.78, 5) is 16.0. The Morgan fingerprint density at radius 3 is 2.62 bits per heavy atom. The fourth-order valence-corrected chi connectivity index (χ4v) is 4.12. The summed E-state index contributed by atoms with van der Waals surface area (Å²) < 4.78 is 10.6. The molecular weight excluding hydrogens is 322 g/mol. The van der Waals surface area contributed by atoms with Crippen LogP contribution in [0.15, 0.2) is 35.7 Å². The number of nitrogens with zero attached hydrogens (tertiary/aromatic N) is 1. The maximum atomic E-state index is 12.7. The average Bonchev–Trinajstić information content (AvgIpc) is 3.29. The first-order valence-electron chi connectivity index (χ1n) is 8.26. The normalized spacial score (nSPS) is 17.1. The average molecular weight is 345 g/mol. The zero-order chi connectivity index (χ0) is 16.9. The van der Waals surface area contributed by atoms with E-state index >= 15 is 0 Å². The van der Waals surface area contributed by atoms with Crippen LogP contribution in [-0.2, 0) is 11.2 Å². The molecule has 0 radical (unpaired) electrons. The molecule has 1 fully saturated rings. The molecule has 5 heteroatoms. The van der Waals surface area contributed by atoms with E-state index in [1.807, 2.05) is 23.1 Å². The molecule has 1 unspecified atom stereocenters. The number of carbonyl (C=O) groups is 1. The molecule has 24 heavy (non-hydrogen) atoms. The zero-order valence-corrected chi connectivity index (χ0v) is 15.0. The molecule has 3 rings (SSSR count). The van der Waals surface area contributed by atoms with Crippen LogP contribution >= 0.6 is 11.3 Å². The van der Waals surface area contributed by atoms with Crippen LogP contribution in [0.5, 0.6) is 11.5 Å².